The van der Waals surface area contributed by atoms with Gasteiger partial charge in [0.25, 0.3) is 0 Å². The van der Waals surface area contributed by atoms with Crippen LogP contribution in [-0.4, -0.2) is 13.1 Å². The van der Waals surface area contributed by atoms with Crippen molar-refractivity contribution in [3.8, 4) is 0 Å². The number of rotatable bonds is 7. The van der Waals surface area contributed by atoms with Gasteiger partial charge in [0.15, 0.2) is 0 Å². The molecule has 1 fully saturated rings. The first-order valence-corrected chi connectivity index (χ1v) is 6.99. The number of hydrogen-bond donors (Lipinski definition) is 1. The first kappa shape index (κ1) is 13.0. The van der Waals surface area contributed by atoms with Crippen LogP contribution in [0, 0.1) is 11.8 Å². The Balaban J connectivity index is 1.83. The van der Waals surface area contributed by atoms with Gasteiger partial charge in [0.05, 0.1) is 0 Å². The van der Waals surface area contributed by atoms with E-state index in [4.69, 9.17) is 0 Å². The molecule has 1 saturated carbocycles. The van der Waals surface area contributed by atoms with E-state index in [-0.39, 0.29) is 0 Å². The molecule has 0 heterocycles. The van der Waals surface area contributed by atoms with E-state index >= 15 is 0 Å². The average Bonchev–Trinajstić information content (AvgIpc) is 2.24. The predicted molar refractivity (Wildman–Crippen MR) is 68.1 cm³/mol. The Morgan fingerprint density at radius 1 is 1.07 bits per heavy atom. The predicted octanol–water partition coefficient (Wildman–Crippen LogP) is 3.98. The Bertz CT molecular complexity index is 136. The normalized spacial score (nSPS) is 18.6. The second kappa shape index (κ2) is 8.15. The third-order valence-electron chi connectivity index (χ3n) is 3.49. The van der Waals surface area contributed by atoms with E-state index in [0.717, 1.165) is 11.8 Å². The van der Waals surface area contributed by atoms with Crippen molar-refractivity contribution in [3.63, 3.8) is 0 Å². The molecule has 1 rings (SSSR count). The summed E-state index contributed by atoms with van der Waals surface area (Å²) in [5.74, 6) is 1.87. The minimum absolute atomic E-state index is 0.795. The summed E-state index contributed by atoms with van der Waals surface area (Å²) in [6, 6.07) is 0. The summed E-state index contributed by atoms with van der Waals surface area (Å²) in [5, 5.41) is 3.52. The van der Waals surface area contributed by atoms with Crippen LogP contribution in [0.1, 0.15) is 65.2 Å². The molecule has 0 bridgehead atoms. The third kappa shape index (κ3) is 6.94. The van der Waals surface area contributed by atoms with Crippen LogP contribution in [0.2, 0.25) is 0 Å². The minimum Gasteiger partial charge on any atom is -0.316 e. The molecule has 0 aromatic heterocycles. The first-order chi connectivity index (χ1) is 7.29. The van der Waals surface area contributed by atoms with Crippen molar-refractivity contribution in [2.24, 2.45) is 11.8 Å². The molecule has 90 valence electrons. The molecule has 0 unspecified atom stereocenters. The number of hydrogen-bond acceptors (Lipinski definition) is 1. The van der Waals surface area contributed by atoms with Gasteiger partial charge in [-0.1, -0.05) is 58.8 Å². The van der Waals surface area contributed by atoms with Crippen LogP contribution >= 0.6 is 0 Å². The summed E-state index contributed by atoms with van der Waals surface area (Å²) in [5.41, 5.74) is 0. The molecule has 1 nitrogen and oxygen atoms in total. The summed E-state index contributed by atoms with van der Waals surface area (Å²) in [7, 11) is 0. The lowest BCUT2D eigenvalue weighted by atomic mass is 9.86. The van der Waals surface area contributed by atoms with E-state index in [2.05, 4.69) is 19.2 Å². The van der Waals surface area contributed by atoms with Crippen molar-refractivity contribution in [1.82, 2.24) is 5.32 Å². The first-order valence-electron chi connectivity index (χ1n) is 6.99. The average molecular weight is 211 g/mol. The second-order valence-electron chi connectivity index (χ2n) is 5.60. The van der Waals surface area contributed by atoms with E-state index in [9.17, 15) is 0 Å². The number of nitrogens with one attached hydrogen (secondary N) is 1. The maximum atomic E-state index is 3.52. The molecule has 15 heavy (non-hydrogen) atoms. The van der Waals surface area contributed by atoms with Gasteiger partial charge in [-0.2, -0.15) is 0 Å². The molecule has 0 atom stereocenters. The summed E-state index contributed by atoms with van der Waals surface area (Å²) in [4.78, 5) is 0. The van der Waals surface area contributed by atoms with Crippen molar-refractivity contribution < 1.29 is 0 Å². The molecule has 0 radical (unpaired) electrons. The molecule has 1 heteroatoms. The fourth-order valence-electron chi connectivity index (χ4n) is 2.55. The minimum atomic E-state index is 0.795. The monoisotopic (exact) mass is 211 g/mol. The lowest BCUT2D eigenvalue weighted by Crippen LogP contribution is -2.20. The highest BCUT2D eigenvalue weighted by Crippen LogP contribution is 2.27. The van der Waals surface area contributed by atoms with Gasteiger partial charge in [0, 0.05) is 0 Å². The van der Waals surface area contributed by atoms with Gasteiger partial charge in [-0.25, -0.2) is 0 Å². The van der Waals surface area contributed by atoms with E-state index in [0.29, 0.717) is 0 Å². The fraction of sp³-hybridized carbons (Fsp3) is 1.00. The molecular formula is C14H29N. The van der Waals surface area contributed by atoms with Gasteiger partial charge in [0.2, 0.25) is 0 Å². The Morgan fingerprint density at radius 2 is 1.80 bits per heavy atom. The highest BCUT2D eigenvalue weighted by Gasteiger charge is 2.12. The molecule has 0 aliphatic heterocycles. The second-order valence-corrected chi connectivity index (χ2v) is 5.60. The molecule has 1 N–H and O–H groups in total. The summed E-state index contributed by atoms with van der Waals surface area (Å²) in [6.45, 7) is 6.96. The van der Waals surface area contributed by atoms with Crippen molar-refractivity contribution in [1.29, 1.82) is 0 Å². The van der Waals surface area contributed by atoms with Crippen molar-refractivity contribution in [2.75, 3.05) is 13.1 Å². The van der Waals surface area contributed by atoms with Gasteiger partial charge in [0.1, 0.15) is 0 Å². The van der Waals surface area contributed by atoms with E-state index in [1.165, 1.54) is 64.5 Å². The summed E-state index contributed by atoms with van der Waals surface area (Å²) >= 11 is 0. The van der Waals surface area contributed by atoms with Gasteiger partial charge < -0.3 is 5.32 Å². The Hall–Kier alpha value is -0.0400. The van der Waals surface area contributed by atoms with Crippen molar-refractivity contribution in [3.05, 3.63) is 0 Å². The molecule has 1 aliphatic rings. The largest absolute Gasteiger partial charge is 0.316 e. The van der Waals surface area contributed by atoms with Crippen LogP contribution in [0.5, 0.6) is 0 Å². The standard InChI is InChI=1S/C14H29N/c1-13(2)12-15-11-7-6-10-14-8-4-3-5-9-14/h13-15H,3-12H2,1-2H3. The van der Waals surface area contributed by atoms with Crippen LogP contribution in [-0.2, 0) is 0 Å². The van der Waals surface area contributed by atoms with E-state index in [1.54, 1.807) is 0 Å². The maximum Gasteiger partial charge on any atom is -0.00258 e. The van der Waals surface area contributed by atoms with Crippen LogP contribution in [0.4, 0.5) is 0 Å². The zero-order valence-corrected chi connectivity index (χ0v) is 10.7. The quantitative estimate of drug-likeness (QED) is 0.628. The summed E-state index contributed by atoms with van der Waals surface area (Å²) < 4.78 is 0. The van der Waals surface area contributed by atoms with Crippen LogP contribution in [0.3, 0.4) is 0 Å². The van der Waals surface area contributed by atoms with Gasteiger partial charge in [-0.3, -0.25) is 0 Å². The van der Waals surface area contributed by atoms with Gasteiger partial charge >= 0.3 is 0 Å². The van der Waals surface area contributed by atoms with Crippen LogP contribution < -0.4 is 5.32 Å². The van der Waals surface area contributed by atoms with Gasteiger partial charge in [-0.05, 0) is 31.3 Å². The molecule has 1 aliphatic carbocycles. The zero-order chi connectivity index (χ0) is 10.9. The van der Waals surface area contributed by atoms with E-state index in [1.807, 2.05) is 0 Å². The molecule has 0 aromatic carbocycles. The van der Waals surface area contributed by atoms with Gasteiger partial charge in [-0.15, -0.1) is 0 Å². The SMILES string of the molecule is CC(C)CNCCCCC1CCCCC1. The van der Waals surface area contributed by atoms with Crippen LogP contribution in [0.15, 0.2) is 0 Å². The lowest BCUT2D eigenvalue weighted by Gasteiger charge is -2.21. The van der Waals surface area contributed by atoms with Crippen molar-refractivity contribution in [2.45, 2.75) is 65.2 Å². The highest BCUT2D eigenvalue weighted by molar-refractivity contribution is 4.66. The zero-order valence-electron chi connectivity index (χ0n) is 10.7. The smallest absolute Gasteiger partial charge is 0.00258 e. The molecule has 0 amide bonds. The Kier molecular flexibility index (Phi) is 7.08. The Labute approximate surface area is 96.0 Å². The topological polar surface area (TPSA) is 12.0 Å². The number of unbranched alkanes of at least 4 members (excludes halogenated alkanes) is 1. The lowest BCUT2D eigenvalue weighted by molar-refractivity contribution is 0.328. The van der Waals surface area contributed by atoms with Crippen LogP contribution in [0.25, 0.3) is 0 Å². The molecule has 0 spiro atoms. The maximum absolute atomic E-state index is 3.52. The third-order valence-corrected chi connectivity index (χ3v) is 3.49. The van der Waals surface area contributed by atoms with E-state index < -0.39 is 0 Å². The molecular weight excluding hydrogens is 182 g/mol. The van der Waals surface area contributed by atoms with Crippen molar-refractivity contribution >= 4 is 0 Å². The molecule has 0 aromatic rings. The molecule has 0 saturated heterocycles. The summed E-state index contributed by atoms with van der Waals surface area (Å²) in [6.07, 6.45) is 11.8. The highest BCUT2D eigenvalue weighted by atomic mass is 14.8. The fourth-order valence-corrected chi connectivity index (χ4v) is 2.55. The Morgan fingerprint density at radius 3 is 2.47 bits per heavy atom.